The van der Waals surface area contributed by atoms with Crippen LogP contribution in [0.15, 0.2) is 54.6 Å². The summed E-state index contributed by atoms with van der Waals surface area (Å²) in [5, 5.41) is 10.3. The molecule has 1 heterocycles. The smallest absolute Gasteiger partial charge is 0.244 e. The molecule has 3 aromatic rings. The van der Waals surface area contributed by atoms with Crippen molar-refractivity contribution in [1.29, 1.82) is 0 Å². The minimum Gasteiger partial charge on any atom is -0.347 e. The molecule has 1 aromatic heterocycles. The highest BCUT2D eigenvalue weighted by Gasteiger charge is 2.15. The van der Waals surface area contributed by atoms with E-state index < -0.39 is 0 Å². The zero-order valence-corrected chi connectivity index (χ0v) is 17.7. The van der Waals surface area contributed by atoms with Crippen molar-refractivity contribution in [2.45, 2.75) is 40.0 Å². The van der Waals surface area contributed by atoms with Gasteiger partial charge in [0.15, 0.2) is 0 Å². The Morgan fingerprint density at radius 1 is 1.00 bits per heavy atom. The summed E-state index contributed by atoms with van der Waals surface area (Å²) in [6, 6.07) is 17.8. The Morgan fingerprint density at radius 3 is 2.47 bits per heavy atom. The lowest BCUT2D eigenvalue weighted by molar-refractivity contribution is -0.124. The molecule has 0 atom stereocenters. The van der Waals surface area contributed by atoms with Gasteiger partial charge in [-0.2, -0.15) is 5.10 Å². The van der Waals surface area contributed by atoms with Crippen LogP contribution in [-0.2, 0) is 9.59 Å². The highest BCUT2D eigenvalue weighted by atomic mass is 16.2. The van der Waals surface area contributed by atoms with Gasteiger partial charge in [0.05, 0.1) is 17.9 Å². The number of aryl methyl sites for hydroxylation is 2. The second-order valence-corrected chi connectivity index (χ2v) is 7.41. The molecule has 2 amide bonds. The molecule has 0 saturated heterocycles. The Kier molecular flexibility index (Phi) is 7.01. The van der Waals surface area contributed by atoms with Crippen molar-refractivity contribution in [3.8, 4) is 16.9 Å². The number of amides is 2. The van der Waals surface area contributed by atoms with Crippen LogP contribution < -0.4 is 10.6 Å². The first-order valence-corrected chi connectivity index (χ1v) is 10.3. The van der Waals surface area contributed by atoms with Gasteiger partial charge in [-0.3, -0.25) is 9.59 Å². The molecule has 0 bridgehead atoms. The molecule has 3 rings (SSSR count). The molecule has 0 unspecified atom stereocenters. The quantitative estimate of drug-likeness (QED) is 0.584. The van der Waals surface area contributed by atoms with E-state index >= 15 is 0 Å². The van der Waals surface area contributed by atoms with Crippen molar-refractivity contribution >= 4 is 17.6 Å². The van der Waals surface area contributed by atoms with Crippen LogP contribution in [0, 0.1) is 13.8 Å². The van der Waals surface area contributed by atoms with Gasteiger partial charge in [0.25, 0.3) is 0 Å². The van der Waals surface area contributed by atoms with Crippen LogP contribution >= 0.6 is 0 Å². The van der Waals surface area contributed by atoms with E-state index in [4.69, 9.17) is 5.10 Å². The Balaban J connectivity index is 1.85. The average molecular weight is 405 g/mol. The lowest BCUT2D eigenvalue weighted by atomic mass is 10.1. The number of carbonyl (C=O) groups is 2. The zero-order valence-electron chi connectivity index (χ0n) is 17.7. The average Bonchev–Trinajstić information content (AvgIpc) is 3.14. The predicted molar refractivity (Wildman–Crippen MR) is 120 cm³/mol. The van der Waals surface area contributed by atoms with Gasteiger partial charge in [0.1, 0.15) is 5.82 Å². The Bertz CT molecular complexity index is 1020. The fraction of sp³-hybridized carbons (Fsp3) is 0.292. The number of carbonyl (C=O) groups excluding carboxylic acids is 2. The first-order valence-electron chi connectivity index (χ1n) is 10.3. The van der Waals surface area contributed by atoms with E-state index in [-0.39, 0.29) is 18.4 Å². The van der Waals surface area contributed by atoms with Gasteiger partial charge in [0.2, 0.25) is 11.8 Å². The SMILES string of the molecule is CCCCC(=O)NCC(=O)Nc1cc(-c2ccccc2)nn1-c1ccc(C)cc1C. The number of anilines is 1. The van der Waals surface area contributed by atoms with Crippen molar-refractivity contribution in [2.75, 3.05) is 11.9 Å². The minimum atomic E-state index is -0.287. The molecule has 0 aliphatic rings. The maximum Gasteiger partial charge on any atom is 0.244 e. The molecule has 0 radical (unpaired) electrons. The highest BCUT2D eigenvalue weighted by molar-refractivity contribution is 5.94. The van der Waals surface area contributed by atoms with Gasteiger partial charge < -0.3 is 10.6 Å². The van der Waals surface area contributed by atoms with Crippen LogP contribution in [-0.4, -0.2) is 28.1 Å². The largest absolute Gasteiger partial charge is 0.347 e. The summed E-state index contributed by atoms with van der Waals surface area (Å²) in [7, 11) is 0. The maximum atomic E-state index is 12.5. The van der Waals surface area contributed by atoms with Crippen LogP contribution in [0.5, 0.6) is 0 Å². The molecule has 6 heteroatoms. The van der Waals surface area contributed by atoms with Crippen molar-refractivity contribution in [3.63, 3.8) is 0 Å². The minimum absolute atomic E-state index is 0.0682. The summed E-state index contributed by atoms with van der Waals surface area (Å²) in [6.07, 6.45) is 2.19. The van der Waals surface area contributed by atoms with E-state index in [1.165, 1.54) is 0 Å². The van der Waals surface area contributed by atoms with Crippen molar-refractivity contribution in [3.05, 3.63) is 65.7 Å². The molecule has 156 valence electrons. The molecule has 0 saturated carbocycles. The van der Waals surface area contributed by atoms with Crippen LogP contribution in [0.4, 0.5) is 5.82 Å². The number of hydrogen-bond acceptors (Lipinski definition) is 3. The predicted octanol–water partition coefficient (Wildman–Crippen LogP) is 4.40. The second-order valence-electron chi connectivity index (χ2n) is 7.41. The lowest BCUT2D eigenvalue weighted by Gasteiger charge is -2.12. The van der Waals surface area contributed by atoms with Crippen LogP contribution in [0.2, 0.25) is 0 Å². The van der Waals surface area contributed by atoms with Gasteiger partial charge >= 0.3 is 0 Å². The number of rotatable bonds is 8. The van der Waals surface area contributed by atoms with Crippen LogP contribution in [0.1, 0.15) is 37.3 Å². The maximum absolute atomic E-state index is 12.5. The summed E-state index contributed by atoms with van der Waals surface area (Å²) in [4.78, 5) is 24.3. The Morgan fingerprint density at radius 2 is 1.77 bits per heavy atom. The molecule has 6 nitrogen and oxygen atoms in total. The number of nitrogens with zero attached hydrogens (tertiary/aromatic N) is 2. The normalized spacial score (nSPS) is 10.6. The molecular weight excluding hydrogens is 376 g/mol. The van der Waals surface area contributed by atoms with E-state index in [1.54, 1.807) is 4.68 Å². The summed E-state index contributed by atoms with van der Waals surface area (Å²) < 4.78 is 1.74. The summed E-state index contributed by atoms with van der Waals surface area (Å²) in [6.45, 7) is 6.02. The number of unbranched alkanes of at least 4 members (excludes halogenated alkanes) is 1. The molecule has 30 heavy (non-hydrogen) atoms. The first kappa shape index (κ1) is 21.3. The van der Waals surface area contributed by atoms with Crippen molar-refractivity contribution in [1.82, 2.24) is 15.1 Å². The molecule has 0 aliphatic carbocycles. The van der Waals surface area contributed by atoms with Gasteiger partial charge in [-0.25, -0.2) is 4.68 Å². The number of aromatic nitrogens is 2. The number of benzene rings is 2. The molecule has 0 aliphatic heterocycles. The highest BCUT2D eigenvalue weighted by Crippen LogP contribution is 2.26. The third-order valence-corrected chi connectivity index (χ3v) is 4.83. The lowest BCUT2D eigenvalue weighted by Crippen LogP contribution is -2.33. The fourth-order valence-electron chi connectivity index (χ4n) is 3.24. The first-order chi connectivity index (χ1) is 14.5. The molecule has 2 aromatic carbocycles. The van der Waals surface area contributed by atoms with E-state index in [9.17, 15) is 9.59 Å². The number of nitrogens with one attached hydrogen (secondary N) is 2. The molecule has 0 fully saturated rings. The molecule has 2 N–H and O–H groups in total. The van der Waals surface area contributed by atoms with Crippen molar-refractivity contribution in [2.24, 2.45) is 0 Å². The van der Waals surface area contributed by atoms with E-state index in [0.29, 0.717) is 12.2 Å². The zero-order chi connectivity index (χ0) is 21.5. The van der Waals surface area contributed by atoms with E-state index in [2.05, 4.69) is 16.7 Å². The molecule has 0 spiro atoms. The van der Waals surface area contributed by atoms with E-state index in [1.807, 2.05) is 69.3 Å². The fourth-order valence-corrected chi connectivity index (χ4v) is 3.24. The molecular formula is C24H28N4O2. The van der Waals surface area contributed by atoms with Gasteiger partial charge in [-0.1, -0.05) is 61.4 Å². The summed E-state index contributed by atoms with van der Waals surface area (Å²) in [5.74, 6) is 0.166. The third kappa shape index (κ3) is 5.35. The monoisotopic (exact) mass is 404 g/mol. The standard InChI is InChI=1S/C24H28N4O2/c1-4-5-11-23(29)25-16-24(30)26-22-15-20(19-9-7-6-8-10-19)27-28(22)21-13-12-17(2)14-18(21)3/h6-10,12-15H,4-5,11,16H2,1-3H3,(H,25,29)(H,26,30). The summed E-state index contributed by atoms with van der Waals surface area (Å²) >= 11 is 0. The van der Waals surface area contributed by atoms with Gasteiger partial charge in [-0.15, -0.1) is 0 Å². The van der Waals surface area contributed by atoms with Crippen molar-refractivity contribution < 1.29 is 9.59 Å². The number of hydrogen-bond donors (Lipinski definition) is 2. The van der Waals surface area contributed by atoms with Crippen LogP contribution in [0.25, 0.3) is 16.9 Å². The van der Waals surface area contributed by atoms with E-state index in [0.717, 1.165) is 40.9 Å². The third-order valence-electron chi connectivity index (χ3n) is 4.83. The Hall–Kier alpha value is -3.41. The van der Waals surface area contributed by atoms with Gasteiger partial charge in [0, 0.05) is 18.1 Å². The van der Waals surface area contributed by atoms with Crippen LogP contribution in [0.3, 0.4) is 0 Å². The topological polar surface area (TPSA) is 76.0 Å². The van der Waals surface area contributed by atoms with Gasteiger partial charge in [-0.05, 0) is 31.9 Å². The second kappa shape index (κ2) is 9.87. The summed E-state index contributed by atoms with van der Waals surface area (Å²) in [5.41, 5.74) is 4.83. The Labute approximate surface area is 177 Å².